The number of aromatic nitrogens is 3. The smallest absolute Gasteiger partial charge is 0.273 e. The number of hydrogen-bond acceptors (Lipinski definition) is 5. The van der Waals surface area contributed by atoms with Crippen LogP contribution in [0.15, 0.2) is 16.2 Å². The molecular weight excluding hydrogens is 236 g/mol. The molecule has 0 aromatic carbocycles. The summed E-state index contributed by atoms with van der Waals surface area (Å²) in [7, 11) is 0. The van der Waals surface area contributed by atoms with E-state index in [2.05, 4.69) is 15.2 Å². The largest absolute Gasteiger partial charge is 0.375 e. The molecule has 3 N–H and O–H groups in total. The molecule has 6 heteroatoms. The molecule has 0 aliphatic rings. The first-order valence-electron chi connectivity index (χ1n) is 5.19. The van der Waals surface area contributed by atoms with Crippen LogP contribution in [-0.4, -0.2) is 15.2 Å². The van der Waals surface area contributed by atoms with E-state index in [-0.39, 0.29) is 11.0 Å². The average molecular weight is 250 g/mol. The van der Waals surface area contributed by atoms with Crippen LogP contribution in [0.5, 0.6) is 0 Å². The molecular formula is C11H14N4OS. The molecule has 0 amide bonds. The van der Waals surface area contributed by atoms with E-state index in [1.54, 1.807) is 11.4 Å². The van der Waals surface area contributed by atoms with E-state index < -0.39 is 0 Å². The van der Waals surface area contributed by atoms with Gasteiger partial charge in [-0.1, -0.05) is 20.8 Å². The number of hydrogen-bond donors (Lipinski definition) is 2. The Labute approximate surface area is 103 Å². The van der Waals surface area contributed by atoms with Crippen LogP contribution in [0.4, 0.5) is 5.13 Å². The third-order valence-electron chi connectivity index (χ3n) is 2.37. The molecule has 0 atom stereocenters. The van der Waals surface area contributed by atoms with Crippen molar-refractivity contribution >= 4 is 16.5 Å². The maximum Gasteiger partial charge on any atom is 0.273 e. The van der Waals surface area contributed by atoms with Crippen molar-refractivity contribution in [2.45, 2.75) is 26.2 Å². The minimum atomic E-state index is -0.247. The van der Waals surface area contributed by atoms with Crippen LogP contribution in [0.2, 0.25) is 0 Å². The summed E-state index contributed by atoms with van der Waals surface area (Å²) in [5, 5.41) is 8.77. The Balaban J connectivity index is 2.58. The van der Waals surface area contributed by atoms with Gasteiger partial charge in [0.1, 0.15) is 0 Å². The van der Waals surface area contributed by atoms with Crippen LogP contribution in [0.25, 0.3) is 11.3 Å². The van der Waals surface area contributed by atoms with Crippen molar-refractivity contribution in [1.29, 1.82) is 0 Å². The molecule has 2 aromatic rings. The highest BCUT2D eigenvalue weighted by Gasteiger charge is 2.18. The number of nitrogens with two attached hydrogens (primary N) is 1. The van der Waals surface area contributed by atoms with E-state index in [4.69, 9.17) is 5.73 Å². The highest BCUT2D eigenvalue weighted by molar-refractivity contribution is 7.13. The van der Waals surface area contributed by atoms with Crippen LogP contribution in [0.3, 0.4) is 0 Å². The van der Waals surface area contributed by atoms with Crippen LogP contribution in [-0.2, 0) is 5.41 Å². The molecule has 0 saturated heterocycles. The molecule has 0 fully saturated rings. The molecule has 2 aromatic heterocycles. The van der Waals surface area contributed by atoms with Gasteiger partial charge >= 0.3 is 0 Å². The summed E-state index contributed by atoms with van der Waals surface area (Å²) in [6, 6.07) is 1.77. The standard InChI is InChI=1S/C11H14N4OS/c1-11(2,3)8-4-6(9(16)15-14-8)7-5-17-10(12)13-7/h4-5H,1-3H3,(H2,12,13)(H,15,16). The summed E-state index contributed by atoms with van der Waals surface area (Å²) in [5.74, 6) is 0. The Kier molecular flexibility index (Phi) is 2.74. The van der Waals surface area contributed by atoms with E-state index in [9.17, 15) is 4.79 Å². The van der Waals surface area contributed by atoms with E-state index in [0.717, 1.165) is 5.69 Å². The summed E-state index contributed by atoms with van der Waals surface area (Å²) >= 11 is 1.31. The van der Waals surface area contributed by atoms with Crippen molar-refractivity contribution in [1.82, 2.24) is 15.2 Å². The average Bonchev–Trinajstić information content (AvgIpc) is 2.63. The highest BCUT2D eigenvalue weighted by Crippen LogP contribution is 2.24. The number of H-pyrrole nitrogens is 1. The number of aromatic amines is 1. The molecule has 5 nitrogen and oxygen atoms in total. The fourth-order valence-electron chi connectivity index (χ4n) is 1.39. The predicted octanol–water partition coefficient (Wildman–Crippen LogP) is 1.77. The lowest BCUT2D eigenvalue weighted by Gasteiger charge is -2.17. The second-order valence-electron chi connectivity index (χ2n) is 4.82. The zero-order chi connectivity index (χ0) is 12.6. The quantitative estimate of drug-likeness (QED) is 0.807. The molecule has 90 valence electrons. The zero-order valence-electron chi connectivity index (χ0n) is 9.94. The fourth-order valence-corrected chi connectivity index (χ4v) is 1.95. The molecule has 0 aliphatic heterocycles. The molecule has 0 bridgehead atoms. The van der Waals surface area contributed by atoms with Gasteiger partial charge in [-0.3, -0.25) is 4.79 Å². The summed E-state index contributed by atoms with van der Waals surface area (Å²) in [6.07, 6.45) is 0. The summed E-state index contributed by atoms with van der Waals surface area (Å²) in [6.45, 7) is 6.10. The third kappa shape index (κ3) is 2.36. The predicted molar refractivity (Wildman–Crippen MR) is 69.1 cm³/mol. The van der Waals surface area contributed by atoms with Crippen molar-refractivity contribution in [3.05, 3.63) is 27.5 Å². The number of thiazole rings is 1. The van der Waals surface area contributed by atoms with Gasteiger partial charge in [-0.15, -0.1) is 11.3 Å². The second-order valence-corrected chi connectivity index (χ2v) is 5.71. The van der Waals surface area contributed by atoms with Gasteiger partial charge in [-0.25, -0.2) is 10.1 Å². The van der Waals surface area contributed by atoms with Gasteiger partial charge in [-0.2, -0.15) is 5.10 Å². The van der Waals surface area contributed by atoms with E-state index in [1.807, 2.05) is 20.8 Å². The monoisotopic (exact) mass is 250 g/mol. The van der Waals surface area contributed by atoms with Gasteiger partial charge in [0, 0.05) is 10.8 Å². The Morgan fingerprint density at radius 1 is 1.41 bits per heavy atom. The number of nitrogens with one attached hydrogen (secondary N) is 1. The van der Waals surface area contributed by atoms with Gasteiger partial charge < -0.3 is 5.73 Å². The molecule has 0 aliphatic carbocycles. The summed E-state index contributed by atoms with van der Waals surface area (Å²) in [4.78, 5) is 15.8. The van der Waals surface area contributed by atoms with Gasteiger partial charge in [0.05, 0.1) is 17.0 Å². The molecule has 0 radical (unpaired) electrons. The lowest BCUT2D eigenvalue weighted by Crippen LogP contribution is -2.20. The lowest BCUT2D eigenvalue weighted by molar-refractivity contribution is 0.557. The summed E-state index contributed by atoms with van der Waals surface area (Å²) < 4.78 is 0. The van der Waals surface area contributed by atoms with Crippen molar-refractivity contribution in [3.63, 3.8) is 0 Å². The van der Waals surface area contributed by atoms with Crippen molar-refractivity contribution < 1.29 is 0 Å². The Bertz CT molecular complexity index is 594. The molecule has 2 heterocycles. The van der Waals surface area contributed by atoms with Crippen LogP contribution < -0.4 is 11.3 Å². The Morgan fingerprint density at radius 2 is 2.12 bits per heavy atom. The molecule has 2 rings (SSSR count). The van der Waals surface area contributed by atoms with E-state index >= 15 is 0 Å². The molecule has 0 spiro atoms. The van der Waals surface area contributed by atoms with Crippen molar-refractivity contribution in [2.24, 2.45) is 0 Å². The van der Waals surface area contributed by atoms with Crippen molar-refractivity contribution in [3.8, 4) is 11.3 Å². The second kappa shape index (κ2) is 3.96. The number of rotatable bonds is 1. The number of anilines is 1. The Morgan fingerprint density at radius 3 is 2.65 bits per heavy atom. The molecule has 0 unspecified atom stereocenters. The highest BCUT2D eigenvalue weighted by atomic mass is 32.1. The van der Waals surface area contributed by atoms with Crippen LogP contribution in [0, 0.1) is 0 Å². The minimum absolute atomic E-state index is 0.124. The first-order chi connectivity index (χ1) is 7.88. The first kappa shape index (κ1) is 11.8. The van der Waals surface area contributed by atoms with E-state index in [0.29, 0.717) is 16.4 Å². The maximum absolute atomic E-state index is 11.7. The van der Waals surface area contributed by atoms with Gasteiger partial charge in [0.25, 0.3) is 5.56 Å². The Hall–Kier alpha value is -1.69. The first-order valence-corrected chi connectivity index (χ1v) is 6.07. The molecule has 17 heavy (non-hydrogen) atoms. The lowest BCUT2D eigenvalue weighted by atomic mass is 9.91. The van der Waals surface area contributed by atoms with Crippen LogP contribution in [0.1, 0.15) is 26.5 Å². The topological polar surface area (TPSA) is 84.7 Å². The maximum atomic E-state index is 11.7. The van der Waals surface area contributed by atoms with Gasteiger partial charge in [0.15, 0.2) is 5.13 Å². The minimum Gasteiger partial charge on any atom is -0.375 e. The number of nitrogen functional groups attached to an aromatic ring is 1. The summed E-state index contributed by atoms with van der Waals surface area (Å²) in [5.41, 5.74) is 7.13. The number of nitrogens with zero attached hydrogens (tertiary/aromatic N) is 2. The van der Waals surface area contributed by atoms with E-state index in [1.165, 1.54) is 11.3 Å². The SMILES string of the molecule is CC(C)(C)c1cc(-c2csc(N)n2)c(=O)[nH]n1. The van der Waals surface area contributed by atoms with Gasteiger partial charge in [0.2, 0.25) is 0 Å². The van der Waals surface area contributed by atoms with Crippen LogP contribution >= 0.6 is 11.3 Å². The molecule has 0 saturated carbocycles. The normalized spacial score (nSPS) is 11.7. The third-order valence-corrected chi connectivity index (χ3v) is 3.04. The fraction of sp³-hybridized carbons (Fsp3) is 0.364. The van der Waals surface area contributed by atoms with Crippen molar-refractivity contribution in [2.75, 3.05) is 5.73 Å². The zero-order valence-corrected chi connectivity index (χ0v) is 10.8. The van der Waals surface area contributed by atoms with Gasteiger partial charge in [-0.05, 0) is 6.07 Å².